The van der Waals surface area contributed by atoms with Crippen LogP contribution in [0.2, 0.25) is 0 Å². The SMILES string of the molecule is CCN(CC)S(=O)(=O)c1ccc2c(c1)CC(C(=O)NCc1cccc(F)c1)N2C(C)=O. The zero-order valence-electron chi connectivity index (χ0n) is 17.8. The Hall–Kier alpha value is -2.78. The fourth-order valence-electron chi connectivity index (χ4n) is 3.85. The Bertz CT molecular complexity index is 1100. The highest BCUT2D eigenvalue weighted by atomic mass is 32.2. The van der Waals surface area contributed by atoms with Crippen LogP contribution in [0.1, 0.15) is 31.9 Å². The van der Waals surface area contributed by atoms with E-state index >= 15 is 0 Å². The average molecular weight is 448 g/mol. The van der Waals surface area contributed by atoms with Gasteiger partial charge in [0.25, 0.3) is 0 Å². The molecule has 0 radical (unpaired) electrons. The number of nitrogens with zero attached hydrogens (tertiary/aromatic N) is 2. The molecule has 0 bridgehead atoms. The summed E-state index contributed by atoms with van der Waals surface area (Å²) in [4.78, 5) is 26.7. The van der Waals surface area contributed by atoms with Gasteiger partial charge in [-0.25, -0.2) is 12.8 Å². The molecule has 2 amide bonds. The van der Waals surface area contributed by atoms with Crippen LogP contribution in [-0.2, 0) is 32.6 Å². The number of anilines is 1. The zero-order valence-corrected chi connectivity index (χ0v) is 18.6. The minimum absolute atomic E-state index is 0.122. The number of halogens is 1. The molecular weight excluding hydrogens is 421 g/mol. The van der Waals surface area contributed by atoms with Gasteiger partial charge in [-0.1, -0.05) is 26.0 Å². The van der Waals surface area contributed by atoms with Gasteiger partial charge in [-0.05, 0) is 41.5 Å². The summed E-state index contributed by atoms with van der Waals surface area (Å²) in [6.45, 7) is 5.72. The van der Waals surface area contributed by atoms with Crippen molar-refractivity contribution in [2.75, 3.05) is 18.0 Å². The Morgan fingerprint density at radius 3 is 2.48 bits per heavy atom. The summed E-state index contributed by atoms with van der Waals surface area (Å²) in [6, 6.07) is 9.69. The van der Waals surface area contributed by atoms with E-state index in [1.807, 2.05) is 0 Å². The predicted molar refractivity (Wildman–Crippen MR) is 115 cm³/mol. The molecule has 2 aromatic carbocycles. The van der Waals surface area contributed by atoms with Gasteiger partial charge < -0.3 is 5.32 Å². The Morgan fingerprint density at radius 1 is 1.16 bits per heavy atom. The van der Waals surface area contributed by atoms with E-state index in [2.05, 4.69) is 5.32 Å². The van der Waals surface area contributed by atoms with Gasteiger partial charge in [0.15, 0.2) is 0 Å². The predicted octanol–water partition coefficient (Wildman–Crippen LogP) is 2.45. The van der Waals surface area contributed by atoms with E-state index in [0.29, 0.717) is 29.9 Å². The highest BCUT2D eigenvalue weighted by Crippen LogP contribution is 2.35. The third-order valence-corrected chi connectivity index (χ3v) is 7.42. The number of sulfonamides is 1. The highest BCUT2D eigenvalue weighted by Gasteiger charge is 2.37. The maximum absolute atomic E-state index is 13.4. The first-order valence-corrected chi connectivity index (χ1v) is 11.6. The minimum Gasteiger partial charge on any atom is -0.350 e. The normalized spacial score (nSPS) is 15.8. The summed E-state index contributed by atoms with van der Waals surface area (Å²) in [7, 11) is -3.65. The molecule has 0 spiro atoms. The second-order valence-corrected chi connectivity index (χ2v) is 9.27. The summed E-state index contributed by atoms with van der Waals surface area (Å²) in [5.74, 6) is -1.10. The minimum atomic E-state index is -3.65. The number of hydrogen-bond acceptors (Lipinski definition) is 4. The van der Waals surface area contributed by atoms with E-state index < -0.39 is 21.9 Å². The fraction of sp³-hybridized carbons (Fsp3) is 0.364. The number of nitrogens with one attached hydrogen (secondary N) is 1. The van der Waals surface area contributed by atoms with Crippen molar-refractivity contribution in [3.05, 3.63) is 59.4 Å². The fourth-order valence-corrected chi connectivity index (χ4v) is 5.36. The van der Waals surface area contributed by atoms with Crippen LogP contribution in [0.3, 0.4) is 0 Å². The molecule has 0 saturated carbocycles. The number of rotatable bonds is 7. The molecule has 3 rings (SSSR count). The van der Waals surface area contributed by atoms with Crippen molar-refractivity contribution in [2.24, 2.45) is 0 Å². The quantitative estimate of drug-likeness (QED) is 0.706. The second kappa shape index (κ2) is 9.15. The molecule has 7 nitrogen and oxygen atoms in total. The monoisotopic (exact) mass is 447 g/mol. The lowest BCUT2D eigenvalue weighted by molar-refractivity contribution is -0.125. The van der Waals surface area contributed by atoms with Crippen molar-refractivity contribution in [3.8, 4) is 0 Å². The van der Waals surface area contributed by atoms with E-state index in [4.69, 9.17) is 0 Å². The molecule has 9 heteroatoms. The van der Waals surface area contributed by atoms with Crippen molar-refractivity contribution in [1.82, 2.24) is 9.62 Å². The molecule has 31 heavy (non-hydrogen) atoms. The van der Waals surface area contributed by atoms with Crippen LogP contribution in [0.25, 0.3) is 0 Å². The van der Waals surface area contributed by atoms with Crippen LogP contribution in [-0.4, -0.2) is 43.7 Å². The first-order chi connectivity index (χ1) is 14.7. The zero-order chi connectivity index (χ0) is 22.8. The number of fused-ring (bicyclic) bond motifs is 1. The molecule has 2 aromatic rings. The smallest absolute Gasteiger partial charge is 0.243 e. The van der Waals surface area contributed by atoms with Gasteiger partial charge in [0.1, 0.15) is 11.9 Å². The molecular formula is C22H26FN3O4S. The Morgan fingerprint density at radius 2 is 1.87 bits per heavy atom. The number of carbonyl (C=O) groups excluding carboxylic acids is 2. The Kier molecular flexibility index (Phi) is 6.76. The van der Waals surface area contributed by atoms with Crippen molar-refractivity contribution in [1.29, 1.82) is 0 Å². The van der Waals surface area contributed by atoms with E-state index in [1.54, 1.807) is 38.1 Å². The average Bonchev–Trinajstić information content (AvgIpc) is 3.12. The largest absolute Gasteiger partial charge is 0.350 e. The molecule has 1 unspecified atom stereocenters. The molecule has 0 aromatic heterocycles. The Labute approximate surface area is 181 Å². The molecule has 1 heterocycles. The lowest BCUT2D eigenvalue weighted by atomic mass is 10.1. The van der Waals surface area contributed by atoms with Crippen LogP contribution in [0, 0.1) is 5.82 Å². The molecule has 166 valence electrons. The van der Waals surface area contributed by atoms with E-state index in [0.717, 1.165) is 0 Å². The van der Waals surface area contributed by atoms with Gasteiger partial charge in [-0.2, -0.15) is 4.31 Å². The van der Waals surface area contributed by atoms with Crippen molar-refractivity contribution in [3.63, 3.8) is 0 Å². The number of carbonyl (C=O) groups is 2. The van der Waals surface area contributed by atoms with Gasteiger partial charge in [0, 0.05) is 38.7 Å². The molecule has 0 fully saturated rings. The van der Waals surface area contributed by atoms with E-state index in [9.17, 15) is 22.4 Å². The van der Waals surface area contributed by atoms with Gasteiger partial charge in [-0.15, -0.1) is 0 Å². The third-order valence-electron chi connectivity index (χ3n) is 5.38. The maximum atomic E-state index is 13.4. The van der Waals surface area contributed by atoms with Gasteiger partial charge in [-0.3, -0.25) is 14.5 Å². The Balaban J connectivity index is 1.84. The summed E-state index contributed by atoms with van der Waals surface area (Å²) in [5.41, 5.74) is 1.75. The maximum Gasteiger partial charge on any atom is 0.243 e. The number of hydrogen-bond donors (Lipinski definition) is 1. The molecule has 0 aliphatic carbocycles. The summed E-state index contributed by atoms with van der Waals surface area (Å²) in [5, 5.41) is 2.74. The van der Waals surface area contributed by atoms with Gasteiger partial charge >= 0.3 is 0 Å². The van der Waals surface area contributed by atoms with Crippen LogP contribution >= 0.6 is 0 Å². The molecule has 1 aliphatic rings. The summed E-state index contributed by atoms with van der Waals surface area (Å²) >= 11 is 0. The second-order valence-electron chi connectivity index (χ2n) is 7.34. The lowest BCUT2D eigenvalue weighted by Gasteiger charge is -2.23. The lowest BCUT2D eigenvalue weighted by Crippen LogP contribution is -2.47. The van der Waals surface area contributed by atoms with Gasteiger partial charge in [0.2, 0.25) is 21.8 Å². The number of benzene rings is 2. The first-order valence-electron chi connectivity index (χ1n) is 10.1. The molecule has 0 saturated heterocycles. The topological polar surface area (TPSA) is 86.8 Å². The molecule has 1 N–H and O–H groups in total. The van der Waals surface area contributed by atoms with Crippen molar-refractivity contribution >= 4 is 27.5 Å². The van der Waals surface area contributed by atoms with Crippen LogP contribution in [0.5, 0.6) is 0 Å². The van der Waals surface area contributed by atoms with E-state index in [-0.39, 0.29) is 29.7 Å². The summed E-state index contributed by atoms with van der Waals surface area (Å²) in [6.07, 6.45) is 0.200. The van der Waals surface area contributed by atoms with Gasteiger partial charge in [0.05, 0.1) is 4.90 Å². The number of amides is 2. The third kappa shape index (κ3) is 4.62. The standard InChI is InChI=1S/C22H26FN3O4S/c1-4-25(5-2)31(29,30)19-9-10-20-17(12-19)13-21(26(20)15(3)27)22(28)24-14-16-7-6-8-18(23)11-16/h6-12,21H,4-5,13-14H2,1-3H3,(H,24,28). The van der Waals surface area contributed by atoms with Crippen molar-refractivity contribution < 1.29 is 22.4 Å². The first kappa shape index (κ1) is 22.9. The van der Waals surface area contributed by atoms with E-state index in [1.165, 1.54) is 34.3 Å². The molecule has 1 aliphatic heterocycles. The van der Waals surface area contributed by atoms with Crippen LogP contribution in [0.15, 0.2) is 47.4 Å². The van der Waals surface area contributed by atoms with Crippen LogP contribution in [0.4, 0.5) is 10.1 Å². The summed E-state index contributed by atoms with van der Waals surface area (Å²) < 4.78 is 40.4. The highest BCUT2D eigenvalue weighted by molar-refractivity contribution is 7.89. The molecule has 1 atom stereocenters. The van der Waals surface area contributed by atoms with Crippen molar-refractivity contribution in [2.45, 2.75) is 44.7 Å². The van der Waals surface area contributed by atoms with Crippen LogP contribution < -0.4 is 10.2 Å².